The molecule has 1 aromatic carbocycles. The van der Waals surface area contributed by atoms with E-state index in [4.69, 9.17) is 9.47 Å². The molecule has 0 spiro atoms. The second-order valence-corrected chi connectivity index (χ2v) is 4.07. The molecule has 0 N–H and O–H groups in total. The Morgan fingerprint density at radius 2 is 1.87 bits per heavy atom. The van der Waals surface area contributed by atoms with Crippen LogP contribution in [0.25, 0.3) is 0 Å². The Hall–Kier alpha value is -0.770. The molecule has 0 aliphatic heterocycles. The highest BCUT2D eigenvalue weighted by atomic mass is 32.2. The van der Waals surface area contributed by atoms with Gasteiger partial charge in [0.2, 0.25) is 0 Å². The molecule has 0 aliphatic carbocycles. The molecule has 1 rings (SSSR count). The van der Waals surface area contributed by atoms with Gasteiger partial charge in [-0.25, -0.2) is 0 Å². The molecule has 0 bridgehead atoms. The van der Waals surface area contributed by atoms with Crippen molar-refractivity contribution in [1.82, 2.24) is 0 Å². The Morgan fingerprint density at radius 3 is 2.33 bits per heavy atom. The normalized spacial score (nSPS) is 10.6. The van der Waals surface area contributed by atoms with E-state index in [1.807, 2.05) is 18.2 Å². The van der Waals surface area contributed by atoms with Crippen molar-refractivity contribution < 1.29 is 9.47 Å². The fourth-order valence-corrected chi connectivity index (χ4v) is 1.88. The highest BCUT2D eigenvalue weighted by Gasteiger charge is 2.07. The molecule has 0 fully saturated rings. The predicted molar refractivity (Wildman–Crippen MR) is 64.1 cm³/mol. The Morgan fingerprint density at radius 1 is 1.27 bits per heavy atom. The Labute approximate surface area is 95.3 Å². The molecule has 0 aromatic heterocycles. The third-order valence-corrected chi connectivity index (χ3v) is 2.96. The van der Waals surface area contributed by atoms with Crippen LogP contribution in [0.3, 0.4) is 0 Å². The quantitative estimate of drug-likeness (QED) is 0.420. The molecule has 0 saturated carbocycles. The average molecular weight is 224 g/mol. The first kappa shape index (κ1) is 12.3. The molecular weight excluding hydrogens is 208 g/mol. The summed E-state index contributed by atoms with van der Waals surface area (Å²) in [6, 6.07) is 8.16. The van der Waals surface area contributed by atoms with Crippen LogP contribution in [0.15, 0.2) is 41.8 Å². The molecule has 82 valence electrons. The third-order valence-electron chi connectivity index (χ3n) is 1.95. The zero-order valence-electron chi connectivity index (χ0n) is 9.10. The SMILES string of the molecule is C=CCSc1ccc(C(OC)OC)cc1. The van der Waals surface area contributed by atoms with Crippen LogP contribution in [-0.4, -0.2) is 20.0 Å². The van der Waals surface area contributed by atoms with Crippen molar-refractivity contribution in [1.29, 1.82) is 0 Å². The van der Waals surface area contributed by atoms with E-state index in [0.29, 0.717) is 0 Å². The number of hydrogen-bond donors (Lipinski definition) is 0. The molecule has 15 heavy (non-hydrogen) atoms. The smallest absolute Gasteiger partial charge is 0.183 e. The van der Waals surface area contributed by atoms with Gasteiger partial charge in [0.1, 0.15) is 0 Å². The number of thioether (sulfide) groups is 1. The minimum Gasteiger partial charge on any atom is -0.352 e. The summed E-state index contributed by atoms with van der Waals surface area (Å²) in [6.45, 7) is 3.69. The monoisotopic (exact) mass is 224 g/mol. The topological polar surface area (TPSA) is 18.5 Å². The van der Waals surface area contributed by atoms with Crippen LogP contribution < -0.4 is 0 Å². The molecule has 2 nitrogen and oxygen atoms in total. The van der Waals surface area contributed by atoms with Gasteiger partial charge in [0.15, 0.2) is 6.29 Å². The minimum atomic E-state index is -0.275. The highest BCUT2D eigenvalue weighted by molar-refractivity contribution is 7.99. The van der Waals surface area contributed by atoms with E-state index >= 15 is 0 Å². The Kier molecular flexibility index (Phi) is 5.47. The lowest BCUT2D eigenvalue weighted by molar-refractivity contribution is -0.106. The first-order chi connectivity index (χ1) is 7.31. The van der Waals surface area contributed by atoms with Crippen LogP contribution in [0.4, 0.5) is 0 Å². The Bertz CT molecular complexity index is 291. The van der Waals surface area contributed by atoms with Crippen LogP contribution in [0.5, 0.6) is 0 Å². The number of ether oxygens (including phenoxy) is 2. The van der Waals surface area contributed by atoms with Crippen LogP contribution in [0.2, 0.25) is 0 Å². The van der Waals surface area contributed by atoms with Crippen molar-refractivity contribution in [3.8, 4) is 0 Å². The van der Waals surface area contributed by atoms with Crippen LogP contribution in [-0.2, 0) is 9.47 Å². The number of hydrogen-bond acceptors (Lipinski definition) is 3. The molecule has 0 saturated heterocycles. The summed E-state index contributed by atoms with van der Waals surface area (Å²) in [7, 11) is 3.27. The molecule has 1 aromatic rings. The average Bonchev–Trinajstić information content (AvgIpc) is 2.29. The van der Waals surface area contributed by atoms with Gasteiger partial charge < -0.3 is 9.47 Å². The largest absolute Gasteiger partial charge is 0.352 e. The molecule has 0 unspecified atom stereocenters. The van der Waals surface area contributed by atoms with E-state index < -0.39 is 0 Å². The molecule has 0 amide bonds. The molecule has 0 atom stereocenters. The first-order valence-electron chi connectivity index (χ1n) is 4.71. The summed E-state index contributed by atoms with van der Waals surface area (Å²) in [5.41, 5.74) is 1.03. The van der Waals surface area contributed by atoms with Gasteiger partial charge in [-0.05, 0) is 12.1 Å². The van der Waals surface area contributed by atoms with Crippen LogP contribution in [0, 0.1) is 0 Å². The maximum Gasteiger partial charge on any atom is 0.183 e. The van der Waals surface area contributed by atoms with Gasteiger partial charge in [0.25, 0.3) is 0 Å². The second-order valence-electron chi connectivity index (χ2n) is 2.97. The summed E-state index contributed by atoms with van der Waals surface area (Å²) < 4.78 is 10.3. The Balaban J connectivity index is 2.66. The van der Waals surface area contributed by atoms with Crippen molar-refractivity contribution in [2.24, 2.45) is 0 Å². The predicted octanol–water partition coefficient (Wildman–Crippen LogP) is 3.26. The van der Waals surface area contributed by atoms with Gasteiger partial charge in [0.05, 0.1) is 0 Å². The lowest BCUT2D eigenvalue weighted by Gasteiger charge is -2.13. The van der Waals surface area contributed by atoms with E-state index in [1.165, 1.54) is 4.90 Å². The van der Waals surface area contributed by atoms with Gasteiger partial charge in [-0.3, -0.25) is 0 Å². The summed E-state index contributed by atoms with van der Waals surface area (Å²) in [6.07, 6.45) is 1.62. The maximum absolute atomic E-state index is 5.16. The fourth-order valence-electron chi connectivity index (χ4n) is 1.24. The lowest BCUT2D eigenvalue weighted by Crippen LogP contribution is -2.02. The molecule has 0 aliphatic rings. The van der Waals surface area contributed by atoms with E-state index in [-0.39, 0.29) is 6.29 Å². The van der Waals surface area contributed by atoms with Gasteiger partial charge in [-0.1, -0.05) is 18.2 Å². The second kappa shape index (κ2) is 6.67. The molecule has 3 heteroatoms. The van der Waals surface area contributed by atoms with Crippen LogP contribution in [0.1, 0.15) is 11.9 Å². The highest BCUT2D eigenvalue weighted by Crippen LogP contribution is 2.22. The summed E-state index contributed by atoms with van der Waals surface area (Å²) in [5, 5.41) is 0. The number of rotatable bonds is 6. The summed E-state index contributed by atoms with van der Waals surface area (Å²) in [5.74, 6) is 0.928. The van der Waals surface area contributed by atoms with Crippen molar-refractivity contribution >= 4 is 11.8 Å². The van der Waals surface area contributed by atoms with Crippen molar-refractivity contribution in [2.75, 3.05) is 20.0 Å². The summed E-state index contributed by atoms with van der Waals surface area (Å²) >= 11 is 1.76. The van der Waals surface area contributed by atoms with E-state index in [1.54, 1.807) is 26.0 Å². The van der Waals surface area contributed by atoms with Crippen molar-refractivity contribution in [3.63, 3.8) is 0 Å². The zero-order chi connectivity index (χ0) is 11.1. The number of methoxy groups -OCH3 is 2. The van der Waals surface area contributed by atoms with Gasteiger partial charge in [0, 0.05) is 30.4 Å². The van der Waals surface area contributed by atoms with E-state index in [2.05, 4.69) is 18.7 Å². The molecule has 0 radical (unpaired) electrons. The number of benzene rings is 1. The lowest BCUT2D eigenvalue weighted by atomic mass is 10.2. The van der Waals surface area contributed by atoms with Gasteiger partial charge >= 0.3 is 0 Å². The van der Waals surface area contributed by atoms with E-state index in [0.717, 1.165) is 11.3 Å². The maximum atomic E-state index is 5.16. The third kappa shape index (κ3) is 3.70. The standard InChI is InChI=1S/C12H16O2S/c1-4-9-15-11-7-5-10(6-8-11)12(13-2)14-3/h4-8,12H,1,9H2,2-3H3. The van der Waals surface area contributed by atoms with Crippen molar-refractivity contribution in [3.05, 3.63) is 42.5 Å². The minimum absolute atomic E-state index is 0.275. The fraction of sp³-hybridized carbons (Fsp3) is 0.333. The summed E-state index contributed by atoms with van der Waals surface area (Å²) in [4.78, 5) is 1.23. The van der Waals surface area contributed by atoms with Gasteiger partial charge in [-0.15, -0.1) is 18.3 Å². The first-order valence-corrected chi connectivity index (χ1v) is 5.69. The molecule has 0 heterocycles. The van der Waals surface area contributed by atoms with Crippen molar-refractivity contribution in [2.45, 2.75) is 11.2 Å². The zero-order valence-corrected chi connectivity index (χ0v) is 9.92. The molecular formula is C12H16O2S. The van der Waals surface area contributed by atoms with Crippen LogP contribution >= 0.6 is 11.8 Å². The van der Waals surface area contributed by atoms with Gasteiger partial charge in [-0.2, -0.15) is 0 Å². The van der Waals surface area contributed by atoms with E-state index in [9.17, 15) is 0 Å².